The van der Waals surface area contributed by atoms with Gasteiger partial charge in [-0.3, -0.25) is 29.3 Å². The van der Waals surface area contributed by atoms with Crippen molar-refractivity contribution in [1.29, 1.82) is 0 Å². The van der Waals surface area contributed by atoms with Crippen molar-refractivity contribution in [3.8, 4) is 0 Å². The van der Waals surface area contributed by atoms with Crippen molar-refractivity contribution in [3.05, 3.63) is 74.8 Å². The Morgan fingerprint density at radius 1 is 1.00 bits per heavy atom. The highest BCUT2D eigenvalue weighted by Crippen LogP contribution is 2.60. The summed E-state index contributed by atoms with van der Waals surface area (Å²) in [6, 6.07) is 11.2. The van der Waals surface area contributed by atoms with Crippen molar-refractivity contribution in [1.82, 2.24) is 10.0 Å². The average molecular weight is 640 g/mol. The summed E-state index contributed by atoms with van der Waals surface area (Å²) in [5, 5.41) is 13.5. The van der Waals surface area contributed by atoms with Gasteiger partial charge in [-0.1, -0.05) is 55.6 Å². The Morgan fingerprint density at radius 2 is 1.56 bits per heavy atom. The predicted octanol–water partition coefficient (Wildman–Crippen LogP) is 4.27. The normalized spacial score (nSPS) is 28.4. The number of hydrogen-bond donors (Lipinski definition) is 0. The molecular weight excluding hydrogens is 622 g/mol. The van der Waals surface area contributed by atoms with E-state index in [0.29, 0.717) is 11.4 Å². The van der Waals surface area contributed by atoms with Crippen LogP contribution in [0.2, 0.25) is 5.02 Å². The number of hydrogen-bond acceptors (Lipinski definition) is 6. The maximum Gasteiger partial charge on any atom is 0.282 e. The lowest BCUT2D eigenvalue weighted by Crippen LogP contribution is -2.52. The molecule has 3 fully saturated rings. The zero-order valence-corrected chi connectivity index (χ0v) is 22.4. The first-order chi connectivity index (χ1) is 17.1. The maximum absolute atomic E-state index is 13.7. The Kier molecular flexibility index (Phi) is 6.50. The minimum Gasteiger partial charge on any atom is -0.292 e. The van der Waals surface area contributed by atoms with E-state index >= 15 is 0 Å². The Bertz CT molecular complexity index is 1270. The van der Waals surface area contributed by atoms with Crippen molar-refractivity contribution in [2.75, 3.05) is 6.54 Å². The van der Waals surface area contributed by atoms with Gasteiger partial charge in [0.25, 0.3) is 23.4 Å². The molecule has 2 bridgehead atoms. The molecule has 3 aliphatic rings. The number of nitrogens with zero attached hydrogens (tertiary/aromatic N) is 3. The van der Waals surface area contributed by atoms with Crippen molar-refractivity contribution in [2.45, 2.75) is 16.1 Å². The number of nitro groups is 1. The standard InChI is InChI=1S/C24H18Br2ClN3O6/c25-20-14-9-15(21(20)26)19-18(14)23(33)29(24(19)34)28(10-17(31)11-5-7-12(27)8-6-11)22(32)13-3-1-2-4-16(13)30(35)36/h1-8,14-15,18-21H,9-10H2/t14-,15-,18-,19-,20+,21+/m1/s1. The van der Waals surface area contributed by atoms with Gasteiger partial charge < -0.3 is 0 Å². The van der Waals surface area contributed by atoms with Crippen LogP contribution in [0.5, 0.6) is 0 Å². The molecule has 1 heterocycles. The lowest BCUT2D eigenvalue weighted by molar-refractivity contribution is -0.385. The monoisotopic (exact) mass is 637 g/mol. The number of carbonyl (C=O) groups excluding carboxylic acids is 4. The van der Waals surface area contributed by atoms with Gasteiger partial charge in [-0.15, -0.1) is 0 Å². The number of halogens is 3. The molecule has 3 amide bonds. The van der Waals surface area contributed by atoms with Gasteiger partial charge in [0.05, 0.1) is 16.8 Å². The summed E-state index contributed by atoms with van der Waals surface area (Å²) in [6.07, 6.45) is 0.689. The molecular formula is C24H18Br2ClN3O6. The van der Waals surface area contributed by atoms with E-state index in [0.717, 1.165) is 16.1 Å². The van der Waals surface area contributed by atoms with Crippen LogP contribution in [0, 0.1) is 33.8 Å². The van der Waals surface area contributed by atoms with Gasteiger partial charge >= 0.3 is 0 Å². The Balaban J connectivity index is 1.55. The second-order valence-corrected chi connectivity index (χ2v) is 11.6. The number of nitro benzene ring substituents is 1. The van der Waals surface area contributed by atoms with E-state index in [1.165, 1.54) is 42.5 Å². The summed E-state index contributed by atoms with van der Waals surface area (Å²) in [7, 11) is 0. The van der Waals surface area contributed by atoms with Crippen LogP contribution in [0.15, 0.2) is 48.5 Å². The summed E-state index contributed by atoms with van der Waals surface area (Å²) in [4.78, 5) is 64.9. The number of para-hydroxylation sites is 1. The van der Waals surface area contributed by atoms with Crippen LogP contribution in [0.25, 0.3) is 0 Å². The second kappa shape index (κ2) is 9.35. The number of benzene rings is 2. The predicted molar refractivity (Wildman–Crippen MR) is 136 cm³/mol. The van der Waals surface area contributed by atoms with Crippen molar-refractivity contribution < 1.29 is 24.1 Å². The summed E-state index contributed by atoms with van der Waals surface area (Å²) in [6.45, 7) is -0.658. The maximum atomic E-state index is 13.7. The zero-order valence-electron chi connectivity index (χ0n) is 18.4. The van der Waals surface area contributed by atoms with Crippen molar-refractivity contribution in [2.24, 2.45) is 23.7 Å². The molecule has 5 rings (SSSR count). The first-order valence-electron chi connectivity index (χ1n) is 11.1. The van der Waals surface area contributed by atoms with Gasteiger partial charge in [0.1, 0.15) is 12.1 Å². The van der Waals surface area contributed by atoms with E-state index < -0.39 is 52.5 Å². The fourth-order valence-corrected chi connectivity index (χ4v) is 7.62. The highest BCUT2D eigenvalue weighted by molar-refractivity contribution is 9.12. The van der Waals surface area contributed by atoms with Gasteiger partial charge in [0.2, 0.25) is 0 Å². The van der Waals surface area contributed by atoms with Crippen molar-refractivity contribution in [3.63, 3.8) is 0 Å². The van der Waals surface area contributed by atoms with Crippen LogP contribution >= 0.6 is 43.5 Å². The summed E-state index contributed by atoms with van der Waals surface area (Å²) < 4.78 is 0. The van der Waals surface area contributed by atoms with E-state index in [-0.39, 0.29) is 32.6 Å². The quantitative estimate of drug-likeness (QED) is 0.153. The molecule has 2 aliphatic carbocycles. The highest BCUT2D eigenvalue weighted by atomic mass is 79.9. The fourth-order valence-electron chi connectivity index (χ4n) is 5.62. The van der Waals surface area contributed by atoms with Gasteiger partial charge in [-0.25, -0.2) is 5.01 Å². The van der Waals surface area contributed by atoms with Gasteiger partial charge in [0.15, 0.2) is 5.78 Å². The molecule has 1 aliphatic heterocycles. The number of imide groups is 1. The molecule has 186 valence electrons. The third kappa shape index (κ3) is 3.88. The molecule has 36 heavy (non-hydrogen) atoms. The number of Topliss-reactive ketones (excluding diaryl/α,β-unsaturated/α-hetero) is 1. The molecule has 1 saturated heterocycles. The van der Waals surface area contributed by atoms with E-state index in [1.54, 1.807) is 0 Å². The number of amides is 3. The minimum absolute atomic E-state index is 0.0180. The third-order valence-corrected chi connectivity index (χ3v) is 10.7. The Hall–Kier alpha value is -2.63. The molecule has 12 heteroatoms. The minimum atomic E-state index is -0.982. The van der Waals surface area contributed by atoms with Crippen LogP contribution in [0.4, 0.5) is 5.69 Å². The number of hydrazine groups is 1. The van der Waals surface area contributed by atoms with Crippen LogP contribution in [-0.2, 0) is 9.59 Å². The van der Waals surface area contributed by atoms with Crippen LogP contribution in [0.3, 0.4) is 0 Å². The van der Waals surface area contributed by atoms with Crippen LogP contribution in [0.1, 0.15) is 27.1 Å². The number of ketones is 1. The average Bonchev–Trinajstić information content (AvgIpc) is 3.47. The summed E-state index contributed by atoms with van der Waals surface area (Å²) in [5.74, 6) is -4.17. The first-order valence-corrected chi connectivity index (χ1v) is 13.3. The molecule has 0 spiro atoms. The van der Waals surface area contributed by atoms with E-state index in [4.69, 9.17) is 11.6 Å². The van der Waals surface area contributed by atoms with E-state index in [9.17, 15) is 29.3 Å². The van der Waals surface area contributed by atoms with Crippen LogP contribution in [-0.4, -0.2) is 54.6 Å². The lowest BCUT2D eigenvalue weighted by Gasteiger charge is -2.30. The van der Waals surface area contributed by atoms with Gasteiger partial charge in [-0.2, -0.15) is 5.01 Å². The Morgan fingerprint density at radius 3 is 2.11 bits per heavy atom. The summed E-state index contributed by atoms with van der Waals surface area (Å²) in [5.41, 5.74) is -0.615. The van der Waals surface area contributed by atoms with E-state index in [2.05, 4.69) is 31.9 Å². The molecule has 9 nitrogen and oxygen atoms in total. The van der Waals surface area contributed by atoms with E-state index in [1.807, 2.05) is 0 Å². The third-order valence-electron chi connectivity index (χ3n) is 7.23. The SMILES string of the molecule is O=C(CN(C(=O)c1ccccc1[N+](=O)[O-])N1C(=O)[C@@H]2[C@H]3C[C@@H]([C@H](Br)[C@H]3Br)[C@H]2C1=O)c1ccc(Cl)cc1. The highest BCUT2D eigenvalue weighted by Gasteiger charge is 2.67. The number of alkyl halides is 2. The Labute approximate surface area is 227 Å². The number of rotatable bonds is 6. The molecule has 2 aromatic carbocycles. The smallest absolute Gasteiger partial charge is 0.282 e. The number of carbonyl (C=O) groups is 4. The van der Waals surface area contributed by atoms with Gasteiger partial charge in [0, 0.05) is 26.3 Å². The molecule has 0 N–H and O–H groups in total. The van der Waals surface area contributed by atoms with Gasteiger partial charge in [-0.05, 0) is 48.6 Å². The summed E-state index contributed by atoms with van der Waals surface area (Å²) >= 11 is 13.1. The molecule has 0 aromatic heterocycles. The second-order valence-electron chi connectivity index (χ2n) is 9.06. The van der Waals surface area contributed by atoms with Crippen molar-refractivity contribution >= 4 is 72.7 Å². The molecule has 2 saturated carbocycles. The zero-order chi connectivity index (χ0) is 25.9. The lowest BCUT2D eigenvalue weighted by atomic mass is 9.81. The largest absolute Gasteiger partial charge is 0.292 e. The topological polar surface area (TPSA) is 118 Å². The number of fused-ring (bicyclic) bond motifs is 5. The first kappa shape index (κ1) is 25.0. The fraction of sp³-hybridized carbons (Fsp3) is 0.333. The molecule has 6 atom stereocenters. The van der Waals surface area contributed by atoms with Crippen LogP contribution < -0.4 is 0 Å². The molecule has 0 radical (unpaired) electrons. The molecule has 2 aromatic rings. The molecule has 0 unspecified atom stereocenters.